The second-order valence-electron chi connectivity index (χ2n) is 3.96. The van der Waals surface area contributed by atoms with E-state index in [1.165, 1.54) is 24.4 Å². The molecule has 19 heavy (non-hydrogen) atoms. The van der Waals surface area contributed by atoms with Crippen molar-refractivity contribution >= 4 is 0 Å². The molecular weight excluding hydrogens is 256 g/mol. The van der Waals surface area contributed by atoms with Crippen LogP contribution in [0.3, 0.4) is 0 Å². The topological polar surface area (TPSA) is 70.3 Å². The number of rotatable bonds is 5. The van der Waals surface area contributed by atoms with Gasteiger partial charge in [-0.25, -0.2) is 4.68 Å². The Morgan fingerprint density at radius 1 is 1.21 bits per heavy atom. The van der Waals surface area contributed by atoms with E-state index in [4.69, 9.17) is 5.11 Å². The number of hydrogen-bond donors (Lipinski definition) is 3. The minimum absolute atomic E-state index is 0.0305. The summed E-state index contributed by atoms with van der Waals surface area (Å²) < 4.78 is 25.7. The highest BCUT2D eigenvalue weighted by Gasteiger charge is 2.11. The van der Waals surface area contributed by atoms with E-state index in [1.807, 2.05) is 0 Å². The Morgan fingerprint density at radius 2 is 2.00 bits per heavy atom. The third-order valence-electron chi connectivity index (χ3n) is 2.63. The zero-order valence-electron chi connectivity index (χ0n) is 9.92. The van der Waals surface area contributed by atoms with E-state index < -0.39 is 6.55 Å². The van der Waals surface area contributed by atoms with Gasteiger partial charge in [0.25, 0.3) is 0 Å². The first-order chi connectivity index (χ1) is 9.08. The number of halogens is 2. The lowest BCUT2D eigenvalue weighted by Gasteiger charge is -2.09. The predicted molar refractivity (Wildman–Crippen MR) is 63.8 cm³/mol. The molecule has 0 radical (unpaired) electrons. The highest BCUT2D eigenvalue weighted by molar-refractivity contribution is 5.38. The molecule has 0 aliphatic rings. The lowest BCUT2D eigenvalue weighted by molar-refractivity contribution is 0.0531. The Balaban J connectivity index is 1.94. The standard InChI is InChI=1S/C12H13F2N3O2/c13-12(14)17-9(3-4-16-17)7-15-6-8-1-2-10(18)5-11(8)19/h1-5,12,15,18-19H,6-7H2. The van der Waals surface area contributed by atoms with Crippen LogP contribution < -0.4 is 5.32 Å². The zero-order chi connectivity index (χ0) is 13.8. The highest BCUT2D eigenvalue weighted by atomic mass is 19.3. The van der Waals surface area contributed by atoms with Crippen LogP contribution in [-0.2, 0) is 13.1 Å². The molecule has 102 valence electrons. The third kappa shape index (κ3) is 3.19. The maximum Gasteiger partial charge on any atom is 0.333 e. The summed E-state index contributed by atoms with van der Waals surface area (Å²) in [6.45, 7) is -2.18. The summed E-state index contributed by atoms with van der Waals surface area (Å²) in [5, 5.41) is 25.1. The zero-order valence-corrected chi connectivity index (χ0v) is 9.92. The van der Waals surface area contributed by atoms with E-state index in [0.717, 1.165) is 0 Å². The van der Waals surface area contributed by atoms with E-state index in [0.29, 0.717) is 22.5 Å². The Bertz CT molecular complexity index is 558. The van der Waals surface area contributed by atoms with E-state index >= 15 is 0 Å². The molecule has 7 heteroatoms. The quantitative estimate of drug-likeness (QED) is 0.776. The molecule has 0 aliphatic heterocycles. The van der Waals surface area contributed by atoms with Gasteiger partial charge in [0, 0.05) is 30.9 Å². The summed E-state index contributed by atoms with van der Waals surface area (Å²) in [5.41, 5.74) is 0.925. The average molecular weight is 269 g/mol. The Kier molecular flexibility index (Phi) is 3.96. The Labute approximate surface area is 108 Å². The van der Waals surface area contributed by atoms with Crippen molar-refractivity contribution in [1.29, 1.82) is 0 Å². The predicted octanol–water partition coefficient (Wildman–Crippen LogP) is 1.98. The summed E-state index contributed by atoms with van der Waals surface area (Å²) in [5.74, 6) is -0.0770. The molecule has 3 N–H and O–H groups in total. The summed E-state index contributed by atoms with van der Waals surface area (Å²) >= 11 is 0. The van der Waals surface area contributed by atoms with Gasteiger partial charge in [-0.3, -0.25) is 0 Å². The maximum absolute atomic E-state index is 12.5. The summed E-state index contributed by atoms with van der Waals surface area (Å²) in [7, 11) is 0. The van der Waals surface area contributed by atoms with Gasteiger partial charge >= 0.3 is 6.55 Å². The molecule has 0 atom stereocenters. The van der Waals surface area contributed by atoms with Crippen molar-refractivity contribution in [3.63, 3.8) is 0 Å². The van der Waals surface area contributed by atoms with Crippen LogP contribution in [0.25, 0.3) is 0 Å². The largest absolute Gasteiger partial charge is 0.508 e. The van der Waals surface area contributed by atoms with Crippen LogP contribution in [0.1, 0.15) is 17.8 Å². The second-order valence-corrected chi connectivity index (χ2v) is 3.96. The number of alkyl halides is 2. The molecule has 1 aromatic carbocycles. The van der Waals surface area contributed by atoms with E-state index in [2.05, 4.69) is 10.4 Å². The van der Waals surface area contributed by atoms with Gasteiger partial charge in [0.2, 0.25) is 0 Å². The van der Waals surface area contributed by atoms with E-state index in [9.17, 15) is 13.9 Å². The molecule has 0 unspecified atom stereocenters. The Hall–Kier alpha value is -2.15. The molecule has 2 aromatic rings. The fourth-order valence-electron chi connectivity index (χ4n) is 1.68. The second kappa shape index (κ2) is 5.66. The molecule has 0 saturated carbocycles. The van der Waals surface area contributed by atoms with Crippen molar-refractivity contribution in [1.82, 2.24) is 15.1 Å². The molecular formula is C12H13F2N3O2. The Morgan fingerprint density at radius 3 is 2.68 bits per heavy atom. The normalized spacial score (nSPS) is 11.1. The van der Waals surface area contributed by atoms with Crippen molar-refractivity contribution in [2.24, 2.45) is 0 Å². The van der Waals surface area contributed by atoms with Gasteiger partial charge in [0.05, 0.1) is 5.69 Å². The summed E-state index contributed by atoms with van der Waals surface area (Å²) in [6, 6.07) is 5.72. The molecule has 0 amide bonds. The first-order valence-corrected chi connectivity index (χ1v) is 5.60. The minimum Gasteiger partial charge on any atom is -0.508 e. The first kappa shape index (κ1) is 13.3. The molecule has 2 rings (SSSR count). The van der Waals surface area contributed by atoms with Crippen LogP contribution in [0.15, 0.2) is 30.5 Å². The molecule has 0 spiro atoms. The lowest BCUT2D eigenvalue weighted by Crippen LogP contribution is -2.16. The molecule has 0 bridgehead atoms. The van der Waals surface area contributed by atoms with Gasteiger partial charge in [-0.1, -0.05) is 6.07 Å². The fraction of sp³-hybridized carbons (Fsp3) is 0.250. The smallest absolute Gasteiger partial charge is 0.333 e. The maximum atomic E-state index is 12.5. The van der Waals surface area contributed by atoms with Crippen LogP contribution in [0.4, 0.5) is 8.78 Å². The van der Waals surface area contributed by atoms with Gasteiger partial charge in [0.15, 0.2) is 0 Å². The number of nitrogens with one attached hydrogen (secondary N) is 1. The van der Waals surface area contributed by atoms with Crippen molar-refractivity contribution in [2.45, 2.75) is 19.6 Å². The summed E-state index contributed by atoms with van der Waals surface area (Å²) in [4.78, 5) is 0. The van der Waals surface area contributed by atoms with Crippen LogP contribution in [0, 0.1) is 0 Å². The molecule has 5 nitrogen and oxygen atoms in total. The van der Waals surface area contributed by atoms with Crippen LogP contribution in [-0.4, -0.2) is 20.0 Å². The van der Waals surface area contributed by atoms with Crippen LogP contribution in [0.2, 0.25) is 0 Å². The van der Waals surface area contributed by atoms with Gasteiger partial charge in [-0.2, -0.15) is 13.9 Å². The number of phenolic OH excluding ortho intramolecular Hbond substituents is 2. The van der Waals surface area contributed by atoms with Gasteiger partial charge < -0.3 is 15.5 Å². The number of nitrogens with zero attached hydrogens (tertiary/aromatic N) is 2. The molecule has 1 heterocycles. The fourth-order valence-corrected chi connectivity index (χ4v) is 1.68. The SMILES string of the molecule is Oc1ccc(CNCc2ccnn2C(F)F)c(O)c1. The highest BCUT2D eigenvalue weighted by Crippen LogP contribution is 2.22. The average Bonchev–Trinajstić information content (AvgIpc) is 2.80. The number of phenols is 2. The lowest BCUT2D eigenvalue weighted by atomic mass is 10.2. The van der Waals surface area contributed by atoms with Gasteiger partial charge in [-0.15, -0.1) is 0 Å². The number of benzene rings is 1. The summed E-state index contributed by atoms with van der Waals surface area (Å²) in [6.07, 6.45) is 1.31. The molecule has 0 aliphatic carbocycles. The van der Waals surface area contributed by atoms with E-state index in [1.54, 1.807) is 6.07 Å². The minimum atomic E-state index is -2.67. The number of aromatic hydroxyl groups is 2. The number of hydrogen-bond acceptors (Lipinski definition) is 4. The monoisotopic (exact) mass is 269 g/mol. The van der Waals surface area contributed by atoms with Crippen LogP contribution >= 0.6 is 0 Å². The van der Waals surface area contributed by atoms with Gasteiger partial charge in [-0.05, 0) is 12.1 Å². The van der Waals surface area contributed by atoms with Crippen molar-refractivity contribution in [3.8, 4) is 11.5 Å². The molecule has 0 saturated heterocycles. The van der Waals surface area contributed by atoms with Crippen molar-refractivity contribution in [2.75, 3.05) is 0 Å². The first-order valence-electron chi connectivity index (χ1n) is 5.60. The van der Waals surface area contributed by atoms with Crippen molar-refractivity contribution < 1.29 is 19.0 Å². The van der Waals surface area contributed by atoms with E-state index in [-0.39, 0.29) is 18.0 Å². The molecule has 1 aromatic heterocycles. The molecule has 0 fully saturated rings. The van der Waals surface area contributed by atoms with Crippen molar-refractivity contribution in [3.05, 3.63) is 41.7 Å². The van der Waals surface area contributed by atoms with Crippen LogP contribution in [0.5, 0.6) is 11.5 Å². The third-order valence-corrected chi connectivity index (χ3v) is 2.63. The van der Waals surface area contributed by atoms with Gasteiger partial charge in [0.1, 0.15) is 11.5 Å². The number of aromatic nitrogens is 2.